The van der Waals surface area contributed by atoms with Gasteiger partial charge in [0.1, 0.15) is 0 Å². The van der Waals surface area contributed by atoms with Crippen LogP contribution in [0, 0.1) is 24.2 Å². The van der Waals surface area contributed by atoms with Crippen LogP contribution >= 0.6 is 0 Å². The molecule has 4 aliphatic rings. The topological polar surface area (TPSA) is 26.0 Å². The second-order valence-electron chi connectivity index (χ2n) is 8.15. The van der Waals surface area contributed by atoms with Crippen LogP contribution < -0.4 is 5.73 Å². The van der Waals surface area contributed by atoms with Crippen LogP contribution in [0.25, 0.3) is 0 Å². The van der Waals surface area contributed by atoms with E-state index in [0.717, 1.165) is 18.4 Å². The van der Waals surface area contributed by atoms with Crippen molar-refractivity contribution in [1.82, 2.24) is 0 Å². The van der Waals surface area contributed by atoms with Gasteiger partial charge in [-0.2, -0.15) is 0 Å². The van der Waals surface area contributed by atoms with E-state index in [1.165, 1.54) is 50.5 Å². The average Bonchev–Trinajstić information content (AvgIpc) is 2.37. The van der Waals surface area contributed by atoms with Crippen LogP contribution in [0.5, 0.6) is 0 Å². The Morgan fingerprint density at radius 1 is 1.05 bits per heavy atom. The first kappa shape index (κ1) is 12.9. The van der Waals surface area contributed by atoms with Gasteiger partial charge in [-0.25, -0.2) is 0 Å². The van der Waals surface area contributed by atoms with Crippen LogP contribution in [-0.2, 0) is 5.41 Å². The molecule has 108 valence electrons. The minimum atomic E-state index is 0.493. The summed E-state index contributed by atoms with van der Waals surface area (Å²) >= 11 is 0. The average molecular weight is 269 g/mol. The van der Waals surface area contributed by atoms with Gasteiger partial charge in [0.25, 0.3) is 0 Å². The Morgan fingerprint density at radius 3 is 2.30 bits per heavy atom. The zero-order valence-electron chi connectivity index (χ0n) is 12.7. The maximum absolute atomic E-state index is 5.95. The molecule has 0 aromatic heterocycles. The van der Waals surface area contributed by atoms with E-state index >= 15 is 0 Å². The Bertz CT molecular complexity index is 487. The van der Waals surface area contributed by atoms with Crippen molar-refractivity contribution in [3.63, 3.8) is 0 Å². The normalized spacial score (nSPS) is 42.1. The van der Waals surface area contributed by atoms with Crippen LogP contribution in [0.2, 0.25) is 0 Å². The molecule has 1 nitrogen and oxygen atoms in total. The van der Waals surface area contributed by atoms with E-state index in [-0.39, 0.29) is 0 Å². The molecule has 0 saturated heterocycles. The summed E-state index contributed by atoms with van der Waals surface area (Å²) in [6.45, 7) is 3.07. The van der Waals surface area contributed by atoms with E-state index < -0.39 is 0 Å². The Labute approximate surface area is 122 Å². The number of hydrogen-bond donors (Lipinski definition) is 1. The lowest BCUT2D eigenvalue weighted by atomic mass is 9.42. The molecule has 2 atom stereocenters. The maximum atomic E-state index is 5.95. The summed E-state index contributed by atoms with van der Waals surface area (Å²) in [5, 5.41) is 0. The fourth-order valence-electron chi connectivity index (χ4n) is 6.30. The lowest BCUT2D eigenvalue weighted by molar-refractivity contribution is -0.0748. The van der Waals surface area contributed by atoms with Crippen LogP contribution in [-0.4, -0.2) is 6.54 Å². The summed E-state index contributed by atoms with van der Waals surface area (Å²) in [6.07, 6.45) is 9.99. The van der Waals surface area contributed by atoms with Crippen molar-refractivity contribution >= 4 is 0 Å². The van der Waals surface area contributed by atoms with Crippen LogP contribution in [0.15, 0.2) is 24.3 Å². The van der Waals surface area contributed by atoms with Crippen molar-refractivity contribution in [1.29, 1.82) is 0 Å². The third-order valence-corrected chi connectivity index (χ3v) is 6.52. The summed E-state index contributed by atoms with van der Waals surface area (Å²) in [5.41, 5.74) is 10.0. The van der Waals surface area contributed by atoms with E-state index in [0.29, 0.717) is 10.8 Å². The highest BCUT2D eigenvalue weighted by atomic mass is 14.6. The van der Waals surface area contributed by atoms with Crippen LogP contribution in [0.3, 0.4) is 0 Å². The van der Waals surface area contributed by atoms with Gasteiger partial charge in [0, 0.05) is 0 Å². The number of hydrogen-bond acceptors (Lipinski definition) is 1. The molecule has 4 bridgehead atoms. The Kier molecular flexibility index (Phi) is 2.79. The molecule has 1 aromatic carbocycles. The molecular weight excluding hydrogens is 242 g/mol. The fraction of sp³-hybridized carbons (Fsp3) is 0.684. The molecule has 0 spiro atoms. The number of benzene rings is 1. The van der Waals surface area contributed by atoms with Crippen molar-refractivity contribution in [2.24, 2.45) is 23.0 Å². The molecule has 4 fully saturated rings. The molecule has 5 rings (SSSR count). The van der Waals surface area contributed by atoms with Crippen molar-refractivity contribution in [3.8, 4) is 0 Å². The molecule has 0 heterocycles. The largest absolute Gasteiger partial charge is 0.330 e. The standard InChI is InChI=1S/C19H27N/c1-14-2-4-17(5-3-14)19-11-15-8-16(12-19)10-18(9-15,13-19)6-7-20/h2-5,15-16H,6-13,20H2,1H3. The fourth-order valence-corrected chi connectivity index (χ4v) is 6.30. The first-order valence-electron chi connectivity index (χ1n) is 8.40. The van der Waals surface area contributed by atoms with Crippen molar-refractivity contribution < 1.29 is 0 Å². The van der Waals surface area contributed by atoms with E-state index in [1.54, 1.807) is 5.56 Å². The van der Waals surface area contributed by atoms with Gasteiger partial charge in [-0.3, -0.25) is 0 Å². The van der Waals surface area contributed by atoms with E-state index in [9.17, 15) is 0 Å². The van der Waals surface area contributed by atoms with Gasteiger partial charge in [0.05, 0.1) is 0 Å². The summed E-state index contributed by atoms with van der Waals surface area (Å²) < 4.78 is 0. The first-order valence-corrected chi connectivity index (χ1v) is 8.40. The molecule has 2 unspecified atom stereocenters. The summed E-state index contributed by atoms with van der Waals surface area (Å²) in [4.78, 5) is 0. The Balaban J connectivity index is 1.73. The molecule has 20 heavy (non-hydrogen) atoms. The van der Waals surface area contributed by atoms with Crippen molar-refractivity contribution in [2.45, 2.75) is 57.3 Å². The summed E-state index contributed by atoms with van der Waals surface area (Å²) in [5.74, 6) is 1.95. The lowest BCUT2D eigenvalue weighted by Gasteiger charge is -2.62. The van der Waals surface area contributed by atoms with E-state index in [2.05, 4.69) is 31.2 Å². The smallest absolute Gasteiger partial charge is 0.00364 e. The molecule has 0 amide bonds. The van der Waals surface area contributed by atoms with Crippen molar-refractivity contribution in [2.75, 3.05) is 6.54 Å². The van der Waals surface area contributed by atoms with Gasteiger partial charge >= 0.3 is 0 Å². The first-order chi connectivity index (χ1) is 9.63. The van der Waals surface area contributed by atoms with Gasteiger partial charge in [0.2, 0.25) is 0 Å². The highest BCUT2D eigenvalue weighted by Crippen LogP contribution is 2.66. The maximum Gasteiger partial charge on any atom is -0.00364 e. The van der Waals surface area contributed by atoms with Gasteiger partial charge in [-0.05, 0) is 86.6 Å². The van der Waals surface area contributed by atoms with E-state index in [4.69, 9.17) is 5.73 Å². The van der Waals surface area contributed by atoms with E-state index in [1.807, 2.05) is 0 Å². The zero-order chi connectivity index (χ0) is 13.8. The van der Waals surface area contributed by atoms with Crippen LogP contribution in [0.4, 0.5) is 0 Å². The minimum absolute atomic E-state index is 0.493. The monoisotopic (exact) mass is 269 g/mol. The van der Waals surface area contributed by atoms with Gasteiger partial charge < -0.3 is 5.73 Å². The minimum Gasteiger partial charge on any atom is -0.330 e. The predicted octanol–water partition coefficient (Wildman–Crippen LogP) is 4.18. The SMILES string of the molecule is Cc1ccc(C23CC4CC(CC(CCN)(C4)C2)C3)cc1. The molecular formula is C19H27N. The second-order valence-corrected chi connectivity index (χ2v) is 8.15. The number of nitrogens with two attached hydrogens (primary N) is 1. The Morgan fingerprint density at radius 2 is 1.70 bits per heavy atom. The second kappa shape index (κ2) is 4.34. The zero-order valence-corrected chi connectivity index (χ0v) is 12.7. The predicted molar refractivity (Wildman–Crippen MR) is 83.6 cm³/mol. The Hall–Kier alpha value is -0.820. The van der Waals surface area contributed by atoms with Crippen LogP contribution in [0.1, 0.15) is 56.1 Å². The number of rotatable bonds is 3. The molecule has 0 radical (unpaired) electrons. The van der Waals surface area contributed by atoms with Gasteiger partial charge in [-0.1, -0.05) is 29.8 Å². The molecule has 4 saturated carbocycles. The highest BCUT2D eigenvalue weighted by molar-refractivity contribution is 5.32. The van der Waals surface area contributed by atoms with Crippen molar-refractivity contribution in [3.05, 3.63) is 35.4 Å². The highest BCUT2D eigenvalue weighted by Gasteiger charge is 2.57. The summed E-state index contributed by atoms with van der Waals surface area (Å²) in [7, 11) is 0. The number of aryl methyl sites for hydroxylation is 1. The molecule has 4 aliphatic carbocycles. The molecule has 0 aliphatic heterocycles. The molecule has 1 aromatic rings. The summed E-state index contributed by atoms with van der Waals surface area (Å²) in [6, 6.07) is 9.45. The lowest BCUT2D eigenvalue weighted by Crippen LogP contribution is -2.54. The quantitative estimate of drug-likeness (QED) is 0.875. The third kappa shape index (κ3) is 1.86. The van der Waals surface area contributed by atoms with Gasteiger partial charge in [0.15, 0.2) is 0 Å². The molecule has 2 N–H and O–H groups in total. The van der Waals surface area contributed by atoms with Gasteiger partial charge in [-0.15, -0.1) is 0 Å². The molecule has 1 heteroatoms. The third-order valence-electron chi connectivity index (χ3n) is 6.52.